The minimum absolute atomic E-state index is 0.00478. The number of nitrogens with zero attached hydrogens (tertiary/aromatic N) is 2. The molecule has 3 rings (SSSR count). The summed E-state index contributed by atoms with van der Waals surface area (Å²) in [7, 11) is 0. The van der Waals surface area contributed by atoms with E-state index in [0.29, 0.717) is 6.42 Å². The molecule has 0 spiro atoms. The number of fused-ring (bicyclic) bond motifs is 1. The molecule has 192 valence electrons. The van der Waals surface area contributed by atoms with E-state index in [4.69, 9.17) is 9.47 Å². The van der Waals surface area contributed by atoms with Crippen LogP contribution in [0.2, 0.25) is 0 Å². The SMILES string of the molecule is CC(=Cc1csc(C)n1)C1C[C@@H]2OC2CCC[C@H](C)[C@H](O)[C@@H](C)C(=O)C(C)(C)C(C#N)CC(=O)O1. The summed E-state index contributed by atoms with van der Waals surface area (Å²) in [5.41, 5.74) is 0.589. The quantitative estimate of drug-likeness (QED) is 0.453. The Labute approximate surface area is 212 Å². The van der Waals surface area contributed by atoms with Crippen molar-refractivity contribution in [3.8, 4) is 6.07 Å². The summed E-state index contributed by atoms with van der Waals surface area (Å²) < 4.78 is 11.8. The van der Waals surface area contributed by atoms with Gasteiger partial charge < -0.3 is 14.6 Å². The van der Waals surface area contributed by atoms with Gasteiger partial charge in [0.2, 0.25) is 0 Å². The Morgan fingerprint density at radius 1 is 1.29 bits per heavy atom. The number of epoxide rings is 1. The molecule has 2 aliphatic heterocycles. The van der Waals surface area contributed by atoms with Crippen LogP contribution in [0.4, 0.5) is 0 Å². The van der Waals surface area contributed by atoms with Crippen molar-refractivity contribution in [2.24, 2.45) is 23.2 Å². The summed E-state index contributed by atoms with van der Waals surface area (Å²) in [6.45, 7) is 10.9. The predicted octanol–water partition coefficient (Wildman–Crippen LogP) is 4.87. The Hall–Kier alpha value is -2.08. The van der Waals surface area contributed by atoms with Crippen LogP contribution >= 0.6 is 11.3 Å². The molecule has 0 bridgehead atoms. The van der Waals surface area contributed by atoms with E-state index in [1.807, 2.05) is 32.2 Å². The second-order valence-electron chi connectivity index (χ2n) is 10.8. The number of hydrogen-bond acceptors (Lipinski definition) is 8. The molecule has 0 amide bonds. The third kappa shape index (κ3) is 6.78. The van der Waals surface area contributed by atoms with Crippen LogP contribution in [-0.2, 0) is 19.1 Å². The van der Waals surface area contributed by atoms with E-state index in [-0.39, 0.29) is 30.3 Å². The van der Waals surface area contributed by atoms with Crippen LogP contribution in [0.25, 0.3) is 6.08 Å². The second kappa shape index (κ2) is 11.3. The van der Waals surface area contributed by atoms with Gasteiger partial charge in [0.05, 0.1) is 47.4 Å². The Bertz CT molecular complexity index is 994. The summed E-state index contributed by atoms with van der Waals surface area (Å²) >= 11 is 1.56. The number of aryl methyl sites for hydroxylation is 1. The first kappa shape index (κ1) is 27.5. The van der Waals surface area contributed by atoms with Crippen molar-refractivity contribution >= 4 is 29.2 Å². The van der Waals surface area contributed by atoms with Gasteiger partial charge in [0, 0.05) is 23.1 Å². The van der Waals surface area contributed by atoms with Crippen molar-refractivity contribution in [3.63, 3.8) is 0 Å². The molecule has 7 nitrogen and oxygen atoms in total. The molecule has 0 aromatic carbocycles. The normalized spacial score (nSPS) is 35.0. The highest BCUT2D eigenvalue weighted by Crippen LogP contribution is 2.38. The number of aromatic nitrogens is 1. The highest BCUT2D eigenvalue weighted by atomic mass is 32.1. The monoisotopic (exact) mass is 502 g/mol. The lowest BCUT2D eigenvalue weighted by molar-refractivity contribution is -0.150. The van der Waals surface area contributed by atoms with Gasteiger partial charge in [-0.1, -0.05) is 34.1 Å². The van der Waals surface area contributed by atoms with Gasteiger partial charge in [-0.3, -0.25) is 9.59 Å². The van der Waals surface area contributed by atoms with E-state index in [9.17, 15) is 20.0 Å². The maximum atomic E-state index is 13.3. The Kier molecular flexibility index (Phi) is 8.90. The third-order valence-electron chi connectivity index (χ3n) is 7.62. The van der Waals surface area contributed by atoms with Crippen LogP contribution in [0, 0.1) is 41.4 Å². The lowest BCUT2D eigenvalue weighted by atomic mass is 9.69. The Morgan fingerprint density at radius 3 is 2.63 bits per heavy atom. The number of Topliss-reactive ketones (excluding diaryl/α,β-unsaturated/α-hetero) is 1. The lowest BCUT2D eigenvalue weighted by Gasteiger charge is -2.34. The maximum Gasteiger partial charge on any atom is 0.307 e. The van der Waals surface area contributed by atoms with Crippen LogP contribution in [0.3, 0.4) is 0 Å². The molecule has 1 N–H and O–H groups in total. The van der Waals surface area contributed by atoms with E-state index >= 15 is 0 Å². The molecule has 1 aromatic rings. The molecule has 0 saturated carbocycles. The minimum Gasteiger partial charge on any atom is -0.458 e. The fourth-order valence-corrected chi connectivity index (χ4v) is 5.57. The number of nitriles is 1. The zero-order valence-electron chi connectivity index (χ0n) is 21.6. The molecule has 2 aliphatic rings. The van der Waals surface area contributed by atoms with Gasteiger partial charge in [0.1, 0.15) is 11.9 Å². The summed E-state index contributed by atoms with van der Waals surface area (Å²) in [6, 6.07) is 2.16. The standard InChI is InChI=1S/C27H38N2O5S/c1-15-8-7-9-21-23(33-21)12-22(16(2)10-20-14-35-18(4)29-20)34-24(30)11-19(13-28)27(5,6)26(32)17(3)25(15)31/h10,14-15,17,19,21-23,25,31H,7-9,11-12H2,1-6H3/t15-,17+,19?,21?,22?,23-,25-/m0/s1. The van der Waals surface area contributed by atoms with Crippen LogP contribution in [-0.4, -0.2) is 46.3 Å². The average molecular weight is 503 g/mol. The molecule has 3 unspecified atom stereocenters. The van der Waals surface area contributed by atoms with E-state index in [1.165, 1.54) is 0 Å². The van der Waals surface area contributed by atoms with Crippen molar-refractivity contribution in [2.45, 2.75) is 98.1 Å². The first-order valence-electron chi connectivity index (χ1n) is 12.5. The molecular formula is C27H38N2O5S. The molecule has 1 aromatic heterocycles. The highest BCUT2D eigenvalue weighted by Gasteiger charge is 2.45. The summed E-state index contributed by atoms with van der Waals surface area (Å²) in [4.78, 5) is 30.8. The van der Waals surface area contributed by atoms with Gasteiger partial charge in [-0.2, -0.15) is 5.26 Å². The van der Waals surface area contributed by atoms with E-state index < -0.39 is 35.4 Å². The predicted molar refractivity (Wildman–Crippen MR) is 134 cm³/mol. The zero-order valence-corrected chi connectivity index (χ0v) is 22.4. The summed E-state index contributed by atoms with van der Waals surface area (Å²) in [6.07, 6.45) is 3.61. The number of aliphatic hydroxyl groups is 1. The number of cyclic esters (lactones) is 1. The van der Waals surface area contributed by atoms with E-state index in [1.54, 1.807) is 32.1 Å². The van der Waals surface area contributed by atoms with Gasteiger partial charge in [0.15, 0.2) is 0 Å². The fourth-order valence-electron chi connectivity index (χ4n) is 5.00. The third-order valence-corrected chi connectivity index (χ3v) is 8.41. The number of ether oxygens (including phenoxy) is 2. The molecule has 35 heavy (non-hydrogen) atoms. The minimum atomic E-state index is -1.10. The van der Waals surface area contributed by atoms with Gasteiger partial charge in [-0.05, 0) is 44.3 Å². The number of esters is 1. The summed E-state index contributed by atoms with van der Waals surface area (Å²) in [5, 5.41) is 23.6. The largest absolute Gasteiger partial charge is 0.458 e. The first-order valence-corrected chi connectivity index (χ1v) is 13.4. The topological polar surface area (TPSA) is 113 Å². The number of ketones is 1. The van der Waals surface area contributed by atoms with Crippen molar-refractivity contribution in [2.75, 3.05) is 0 Å². The lowest BCUT2D eigenvalue weighted by Crippen LogP contribution is -2.43. The maximum absolute atomic E-state index is 13.3. The number of aliphatic hydroxyl groups excluding tert-OH is 1. The van der Waals surface area contributed by atoms with Gasteiger partial charge >= 0.3 is 5.97 Å². The molecular weight excluding hydrogens is 464 g/mol. The molecule has 0 radical (unpaired) electrons. The van der Waals surface area contributed by atoms with E-state index in [0.717, 1.165) is 35.5 Å². The van der Waals surface area contributed by atoms with Crippen LogP contribution in [0.1, 0.15) is 77.4 Å². The van der Waals surface area contributed by atoms with Crippen molar-refractivity contribution in [1.82, 2.24) is 4.98 Å². The van der Waals surface area contributed by atoms with Crippen LogP contribution < -0.4 is 0 Å². The van der Waals surface area contributed by atoms with Crippen LogP contribution in [0.5, 0.6) is 0 Å². The highest BCUT2D eigenvalue weighted by molar-refractivity contribution is 7.09. The number of thiazole rings is 1. The van der Waals surface area contributed by atoms with Gasteiger partial charge in [0.25, 0.3) is 0 Å². The number of carbonyl (C=O) groups excluding carboxylic acids is 2. The van der Waals surface area contributed by atoms with Gasteiger partial charge in [-0.25, -0.2) is 4.98 Å². The zero-order chi connectivity index (χ0) is 25.9. The number of rotatable bonds is 2. The van der Waals surface area contributed by atoms with Crippen molar-refractivity contribution in [3.05, 3.63) is 21.7 Å². The average Bonchev–Trinajstić information content (AvgIpc) is 3.42. The summed E-state index contributed by atoms with van der Waals surface area (Å²) in [5.74, 6) is -2.28. The molecule has 7 atom stereocenters. The molecule has 3 heterocycles. The Balaban J connectivity index is 1.85. The molecule has 2 fully saturated rings. The number of hydrogen-bond donors (Lipinski definition) is 1. The van der Waals surface area contributed by atoms with Crippen molar-refractivity contribution in [1.29, 1.82) is 5.26 Å². The fraction of sp³-hybridized carbons (Fsp3) is 0.704. The smallest absolute Gasteiger partial charge is 0.307 e. The Morgan fingerprint density at radius 2 is 2.00 bits per heavy atom. The first-order chi connectivity index (χ1) is 16.4. The van der Waals surface area contributed by atoms with Crippen molar-refractivity contribution < 1.29 is 24.2 Å². The molecule has 2 saturated heterocycles. The van der Waals surface area contributed by atoms with Gasteiger partial charge in [-0.15, -0.1) is 11.3 Å². The van der Waals surface area contributed by atoms with Crippen LogP contribution in [0.15, 0.2) is 11.0 Å². The molecule has 8 heteroatoms. The van der Waals surface area contributed by atoms with E-state index in [2.05, 4.69) is 11.1 Å². The second-order valence-corrected chi connectivity index (χ2v) is 11.8. The number of carbonyl (C=O) groups is 2. The molecule has 0 aliphatic carbocycles.